The molecule has 2 fully saturated rings. The molecule has 1 amide bonds. The van der Waals surface area contributed by atoms with Crippen LogP contribution in [0.25, 0.3) is 0 Å². The van der Waals surface area contributed by atoms with Gasteiger partial charge in [-0.2, -0.15) is 5.10 Å². The normalized spacial score (nSPS) is 17.8. The molecule has 5 rings (SSSR count). The Morgan fingerprint density at radius 1 is 0.973 bits per heavy atom. The summed E-state index contributed by atoms with van der Waals surface area (Å²) >= 11 is 0. The molecule has 0 saturated carbocycles. The molecule has 0 bridgehead atoms. The first kappa shape index (κ1) is 25.5. The quantitative estimate of drug-likeness (QED) is 0.482. The van der Waals surface area contributed by atoms with Gasteiger partial charge < -0.3 is 15.5 Å². The molecule has 0 spiro atoms. The van der Waals surface area contributed by atoms with Gasteiger partial charge in [-0.25, -0.2) is 4.98 Å². The fraction of sp³-hybridized carbons (Fsp3) is 0.500. The van der Waals surface area contributed by atoms with Crippen molar-refractivity contribution >= 4 is 11.7 Å². The Bertz CT molecular complexity index is 1170. The van der Waals surface area contributed by atoms with E-state index < -0.39 is 5.91 Å². The maximum absolute atomic E-state index is 12.3. The van der Waals surface area contributed by atoms with Crippen molar-refractivity contribution in [2.24, 2.45) is 11.7 Å². The lowest BCUT2D eigenvalue weighted by Gasteiger charge is -2.41. The summed E-state index contributed by atoms with van der Waals surface area (Å²) in [4.78, 5) is 22.2. The summed E-state index contributed by atoms with van der Waals surface area (Å²) in [5.74, 6) is 1.48. The molecule has 0 unspecified atom stereocenters. The van der Waals surface area contributed by atoms with Gasteiger partial charge in [0.25, 0.3) is 5.91 Å². The molecular formula is C30H40N6O. The van der Waals surface area contributed by atoms with E-state index in [1.54, 1.807) is 0 Å². The lowest BCUT2D eigenvalue weighted by Crippen LogP contribution is -2.47. The average Bonchev–Trinajstić information content (AvgIpc) is 3.32. The highest BCUT2D eigenvalue weighted by Gasteiger charge is 2.27. The molecule has 3 N–H and O–H groups in total. The van der Waals surface area contributed by atoms with E-state index in [1.807, 2.05) is 6.20 Å². The molecule has 196 valence electrons. The van der Waals surface area contributed by atoms with Crippen LogP contribution in [0.1, 0.15) is 71.0 Å². The zero-order chi connectivity index (χ0) is 25.8. The van der Waals surface area contributed by atoms with Crippen molar-refractivity contribution in [3.63, 3.8) is 0 Å². The Morgan fingerprint density at radius 2 is 1.68 bits per heavy atom. The van der Waals surface area contributed by atoms with Crippen LogP contribution in [0.2, 0.25) is 0 Å². The van der Waals surface area contributed by atoms with Crippen molar-refractivity contribution in [2.45, 2.75) is 64.8 Å². The number of primary amides is 1. The third-order valence-corrected chi connectivity index (χ3v) is 8.25. The van der Waals surface area contributed by atoms with Crippen LogP contribution in [-0.2, 0) is 19.3 Å². The van der Waals surface area contributed by atoms with Gasteiger partial charge >= 0.3 is 0 Å². The van der Waals surface area contributed by atoms with Crippen LogP contribution in [-0.4, -0.2) is 58.2 Å². The number of likely N-dealkylation sites (tertiary alicyclic amines) is 1. The van der Waals surface area contributed by atoms with Crippen molar-refractivity contribution in [1.82, 2.24) is 20.1 Å². The second-order valence-corrected chi connectivity index (χ2v) is 11.0. The number of amides is 1. The first-order valence-corrected chi connectivity index (χ1v) is 13.8. The minimum Gasteiger partial charge on any atom is -0.365 e. The summed E-state index contributed by atoms with van der Waals surface area (Å²) in [5.41, 5.74) is 11.3. The Kier molecular flexibility index (Phi) is 7.89. The van der Waals surface area contributed by atoms with Gasteiger partial charge in [0, 0.05) is 31.7 Å². The van der Waals surface area contributed by atoms with Crippen LogP contribution in [0.4, 0.5) is 5.82 Å². The van der Waals surface area contributed by atoms with Crippen molar-refractivity contribution in [3.8, 4) is 0 Å². The molecule has 2 aliphatic rings. The molecule has 0 radical (unpaired) electrons. The summed E-state index contributed by atoms with van der Waals surface area (Å²) < 4.78 is 0. The van der Waals surface area contributed by atoms with E-state index >= 15 is 0 Å². The molecule has 1 aromatic carbocycles. The Hall–Kier alpha value is -3.19. The molecule has 0 atom stereocenters. The van der Waals surface area contributed by atoms with Crippen LogP contribution in [0.5, 0.6) is 0 Å². The van der Waals surface area contributed by atoms with Gasteiger partial charge in [-0.3, -0.25) is 9.89 Å². The second kappa shape index (κ2) is 11.5. The maximum Gasteiger partial charge on any atom is 0.252 e. The number of nitrogens with zero attached hydrogens (tertiary/aromatic N) is 4. The number of nitrogens with two attached hydrogens (primary N) is 1. The largest absolute Gasteiger partial charge is 0.365 e. The van der Waals surface area contributed by atoms with Crippen molar-refractivity contribution in [2.75, 3.05) is 31.1 Å². The van der Waals surface area contributed by atoms with Crippen molar-refractivity contribution < 1.29 is 4.79 Å². The van der Waals surface area contributed by atoms with Crippen molar-refractivity contribution in [3.05, 3.63) is 76.2 Å². The van der Waals surface area contributed by atoms with Gasteiger partial charge in [0.2, 0.25) is 0 Å². The first-order valence-electron chi connectivity index (χ1n) is 13.8. The molecule has 3 aromatic rings. The highest BCUT2D eigenvalue weighted by atomic mass is 16.1. The summed E-state index contributed by atoms with van der Waals surface area (Å²) in [5, 5.41) is 7.52. The topological polar surface area (TPSA) is 91.1 Å². The third-order valence-electron chi connectivity index (χ3n) is 8.25. The summed E-state index contributed by atoms with van der Waals surface area (Å²) in [7, 11) is 0. The number of carbonyl (C=O) groups is 1. The number of aromatic nitrogens is 3. The van der Waals surface area contributed by atoms with Crippen LogP contribution in [0, 0.1) is 12.8 Å². The molecule has 4 heterocycles. The van der Waals surface area contributed by atoms with E-state index in [0.29, 0.717) is 18.4 Å². The fourth-order valence-corrected chi connectivity index (χ4v) is 5.80. The molecule has 2 saturated heterocycles. The number of anilines is 1. The number of piperidine rings is 2. The van der Waals surface area contributed by atoms with Crippen LogP contribution >= 0.6 is 0 Å². The number of benzene rings is 1. The van der Waals surface area contributed by atoms with Crippen LogP contribution in [0.3, 0.4) is 0 Å². The van der Waals surface area contributed by atoms with E-state index in [-0.39, 0.29) is 0 Å². The van der Waals surface area contributed by atoms with E-state index in [9.17, 15) is 4.79 Å². The number of aromatic amines is 1. The van der Waals surface area contributed by atoms with E-state index in [0.717, 1.165) is 54.2 Å². The summed E-state index contributed by atoms with van der Waals surface area (Å²) in [6.07, 6.45) is 9.05. The summed E-state index contributed by atoms with van der Waals surface area (Å²) in [6.45, 7) is 9.08. The predicted octanol–water partition coefficient (Wildman–Crippen LogP) is 4.29. The van der Waals surface area contributed by atoms with Gasteiger partial charge in [-0.1, -0.05) is 42.8 Å². The Labute approximate surface area is 220 Å². The second-order valence-electron chi connectivity index (χ2n) is 11.0. The fourth-order valence-electron chi connectivity index (χ4n) is 5.80. The van der Waals surface area contributed by atoms with E-state index in [2.05, 4.69) is 70.2 Å². The SMILES string of the molecule is Cc1ccc(CCc2n[nH]c(Cc3ccc(N4CCC(N5CCC(C)CC5)CC4)nc3)c2C(N)=O)cc1. The number of aryl methyl sites for hydroxylation is 3. The van der Waals surface area contributed by atoms with E-state index in [4.69, 9.17) is 10.7 Å². The zero-order valence-corrected chi connectivity index (χ0v) is 22.2. The minimum atomic E-state index is -0.432. The average molecular weight is 501 g/mol. The van der Waals surface area contributed by atoms with Gasteiger partial charge in [-0.15, -0.1) is 0 Å². The molecule has 2 aromatic heterocycles. The van der Waals surface area contributed by atoms with Gasteiger partial charge in [-0.05, 0) is 81.6 Å². The monoisotopic (exact) mass is 500 g/mol. The van der Waals surface area contributed by atoms with Gasteiger partial charge in [0.05, 0.1) is 17.0 Å². The molecular weight excluding hydrogens is 460 g/mol. The lowest BCUT2D eigenvalue weighted by atomic mass is 9.95. The molecule has 2 aliphatic heterocycles. The standard InChI is InChI=1S/C30H40N6O/c1-21-3-5-23(6-4-21)7-9-26-29(30(31)37)27(34-33-26)19-24-8-10-28(32-20-24)36-17-13-25(14-18-36)35-15-11-22(2)12-16-35/h3-6,8,10,20,22,25H,7,9,11-19H2,1-2H3,(H2,31,37)(H,33,34). The Balaban J connectivity index is 1.18. The maximum atomic E-state index is 12.3. The van der Waals surface area contributed by atoms with Crippen LogP contribution in [0.15, 0.2) is 42.6 Å². The molecule has 7 nitrogen and oxygen atoms in total. The smallest absolute Gasteiger partial charge is 0.252 e. The minimum absolute atomic E-state index is 0.432. The Morgan fingerprint density at radius 3 is 2.32 bits per heavy atom. The van der Waals surface area contributed by atoms with Crippen molar-refractivity contribution in [1.29, 1.82) is 0 Å². The van der Waals surface area contributed by atoms with Crippen LogP contribution < -0.4 is 10.6 Å². The number of hydrogen-bond donors (Lipinski definition) is 2. The highest BCUT2D eigenvalue weighted by molar-refractivity contribution is 5.95. The number of pyridine rings is 1. The number of carbonyl (C=O) groups excluding carboxylic acids is 1. The highest BCUT2D eigenvalue weighted by Crippen LogP contribution is 2.26. The zero-order valence-electron chi connectivity index (χ0n) is 22.2. The molecule has 0 aliphatic carbocycles. The number of rotatable bonds is 8. The van der Waals surface area contributed by atoms with Gasteiger partial charge in [0.1, 0.15) is 5.82 Å². The third kappa shape index (κ3) is 6.21. The van der Waals surface area contributed by atoms with E-state index in [1.165, 1.54) is 49.9 Å². The van der Waals surface area contributed by atoms with Gasteiger partial charge in [0.15, 0.2) is 0 Å². The first-order chi connectivity index (χ1) is 18.0. The lowest BCUT2D eigenvalue weighted by molar-refractivity contribution is 0.0998. The number of H-pyrrole nitrogens is 1. The molecule has 7 heteroatoms. The molecule has 37 heavy (non-hydrogen) atoms. The predicted molar refractivity (Wildman–Crippen MR) is 148 cm³/mol. The summed E-state index contributed by atoms with van der Waals surface area (Å²) in [6, 6.07) is 13.4. The number of nitrogens with one attached hydrogen (secondary N) is 1. The number of hydrogen-bond acceptors (Lipinski definition) is 5.